The number of methoxy groups -OCH3 is 1. The van der Waals surface area contributed by atoms with Gasteiger partial charge < -0.3 is 19.3 Å². The molecule has 154 valence electrons. The van der Waals surface area contributed by atoms with E-state index in [0.29, 0.717) is 24.3 Å². The summed E-state index contributed by atoms with van der Waals surface area (Å²) in [5.74, 6) is 0.604. The van der Waals surface area contributed by atoms with Gasteiger partial charge in [-0.2, -0.15) is 0 Å². The van der Waals surface area contributed by atoms with Crippen LogP contribution in [0.2, 0.25) is 0 Å². The van der Waals surface area contributed by atoms with Gasteiger partial charge in [0.15, 0.2) is 5.69 Å². The fraction of sp³-hybridized carbons (Fsp3) is 0.261. The lowest BCUT2D eigenvalue weighted by Crippen LogP contribution is -2.34. The lowest BCUT2D eigenvalue weighted by molar-refractivity contribution is 0.0601. The first-order chi connectivity index (χ1) is 14.5. The molecule has 0 saturated heterocycles. The number of carbonyl (C=O) groups is 2. The molecule has 0 aliphatic carbocycles. The van der Waals surface area contributed by atoms with E-state index in [1.54, 1.807) is 25.1 Å². The van der Waals surface area contributed by atoms with E-state index in [1.807, 2.05) is 25.1 Å². The van der Waals surface area contributed by atoms with E-state index in [-0.39, 0.29) is 17.7 Å². The molecule has 0 fully saturated rings. The average Bonchev–Trinajstić information content (AvgIpc) is 3.36. The predicted octanol–water partition coefficient (Wildman–Crippen LogP) is 3.48. The van der Waals surface area contributed by atoms with Gasteiger partial charge in [-0.25, -0.2) is 4.79 Å². The van der Waals surface area contributed by atoms with E-state index in [0.717, 1.165) is 28.0 Å². The minimum Gasteiger partial charge on any atom is -0.487 e. The van der Waals surface area contributed by atoms with Crippen LogP contribution in [0.5, 0.6) is 5.75 Å². The molecule has 2 heterocycles. The Morgan fingerprint density at radius 3 is 2.70 bits per heavy atom. The van der Waals surface area contributed by atoms with Gasteiger partial charge in [-0.15, -0.1) is 0 Å². The maximum Gasteiger partial charge on any atom is 0.338 e. The van der Waals surface area contributed by atoms with Gasteiger partial charge in [0.05, 0.1) is 19.2 Å². The van der Waals surface area contributed by atoms with Crippen molar-refractivity contribution >= 4 is 11.9 Å². The highest BCUT2D eigenvalue weighted by Gasteiger charge is 2.28. The Balaban J connectivity index is 1.57. The Hall–Kier alpha value is -3.61. The van der Waals surface area contributed by atoms with Crippen molar-refractivity contribution in [2.24, 2.45) is 0 Å². The lowest BCUT2D eigenvalue weighted by Gasteiger charge is -2.15. The van der Waals surface area contributed by atoms with E-state index in [9.17, 15) is 9.59 Å². The van der Waals surface area contributed by atoms with Crippen molar-refractivity contribution in [2.75, 3.05) is 13.7 Å². The highest BCUT2D eigenvalue weighted by atomic mass is 16.5. The number of aryl methyl sites for hydroxylation is 2. The smallest absolute Gasteiger partial charge is 0.338 e. The van der Waals surface area contributed by atoms with Crippen LogP contribution in [0.1, 0.15) is 37.7 Å². The van der Waals surface area contributed by atoms with Gasteiger partial charge in [0, 0.05) is 18.1 Å². The number of fused-ring (bicyclic) bond motifs is 1. The normalized spacial score (nSPS) is 14.7. The second kappa shape index (κ2) is 8.02. The van der Waals surface area contributed by atoms with Gasteiger partial charge >= 0.3 is 5.97 Å². The maximum atomic E-state index is 12.2. The standard InChI is InChI=1S/C23H22N2O5/c1-13-8-15-11-16(12-24-22(26)20-10-14(2)30-25-20)29-21(15)19(9-13)17-6-4-5-7-18(17)23(27)28-3/h4-10,16H,11-12H2,1-3H3,(H,24,26). The summed E-state index contributed by atoms with van der Waals surface area (Å²) in [6.07, 6.45) is 0.436. The summed E-state index contributed by atoms with van der Waals surface area (Å²) in [6, 6.07) is 13.0. The van der Waals surface area contributed by atoms with E-state index in [2.05, 4.69) is 16.5 Å². The zero-order valence-corrected chi connectivity index (χ0v) is 17.0. The molecule has 1 unspecified atom stereocenters. The van der Waals surface area contributed by atoms with Gasteiger partial charge in [-0.1, -0.05) is 29.4 Å². The summed E-state index contributed by atoms with van der Waals surface area (Å²) in [6.45, 7) is 4.07. The molecule has 0 bridgehead atoms. The first kappa shape index (κ1) is 19.7. The number of aromatic nitrogens is 1. The minimum atomic E-state index is -0.398. The van der Waals surface area contributed by atoms with Crippen molar-refractivity contribution in [1.82, 2.24) is 10.5 Å². The van der Waals surface area contributed by atoms with E-state index in [4.69, 9.17) is 14.0 Å². The van der Waals surface area contributed by atoms with Crippen LogP contribution in [0.3, 0.4) is 0 Å². The van der Waals surface area contributed by atoms with E-state index in [1.165, 1.54) is 7.11 Å². The number of benzene rings is 2. The van der Waals surface area contributed by atoms with Crippen LogP contribution in [0.4, 0.5) is 0 Å². The van der Waals surface area contributed by atoms with Crippen LogP contribution in [-0.4, -0.2) is 36.8 Å². The molecule has 1 N–H and O–H groups in total. The summed E-state index contributed by atoms with van der Waals surface area (Å²) in [4.78, 5) is 24.5. The summed E-state index contributed by atoms with van der Waals surface area (Å²) in [5.41, 5.74) is 4.43. The van der Waals surface area contributed by atoms with Crippen LogP contribution in [0.15, 0.2) is 47.0 Å². The molecule has 7 nitrogen and oxygen atoms in total. The number of hydrogen-bond acceptors (Lipinski definition) is 6. The topological polar surface area (TPSA) is 90.7 Å². The number of amides is 1. The van der Waals surface area contributed by atoms with E-state index < -0.39 is 5.97 Å². The van der Waals surface area contributed by atoms with Crippen LogP contribution in [-0.2, 0) is 11.2 Å². The molecule has 2 aromatic carbocycles. The number of nitrogens with zero attached hydrogens (tertiary/aromatic N) is 1. The van der Waals surface area contributed by atoms with Crippen LogP contribution in [0, 0.1) is 13.8 Å². The third kappa shape index (κ3) is 3.78. The van der Waals surface area contributed by atoms with Gasteiger partial charge in [0.2, 0.25) is 0 Å². The van der Waals surface area contributed by atoms with E-state index >= 15 is 0 Å². The third-order valence-electron chi connectivity index (χ3n) is 5.02. The molecule has 1 atom stereocenters. The monoisotopic (exact) mass is 406 g/mol. The molecule has 0 saturated carbocycles. The highest BCUT2D eigenvalue weighted by Crippen LogP contribution is 2.41. The van der Waals surface area contributed by atoms with Crippen molar-refractivity contribution < 1.29 is 23.6 Å². The highest BCUT2D eigenvalue weighted by molar-refractivity contribution is 5.98. The molecule has 0 radical (unpaired) electrons. The van der Waals surface area contributed by atoms with Crippen molar-refractivity contribution in [3.05, 3.63) is 70.6 Å². The number of ether oxygens (including phenoxy) is 2. The number of esters is 1. The SMILES string of the molecule is COC(=O)c1ccccc1-c1cc(C)cc2c1OC(CNC(=O)c1cc(C)on1)C2. The average molecular weight is 406 g/mol. The molecule has 3 aromatic rings. The van der Waals surface area contributed by atoms with Crippen LogP contribution in [0.25, 0.3) is 11.1 Å². The fourth-order valence-corrected chi connectivity index (χ4v) is 3.68. The predicted molar refractivity (Wildman–Crippen MR) is 110 cm³/mol. The molecular weight excluding hydrogens is 384 g/mol. The largest absolute Gasteiger partial charge is 0.487 e. The van der Waals surface area contributed by atoms with Crippen molar-refractivity contribution in [2.45, 2.75) is 26.4 Å². The summed E-state index contributed by atoms with van der Waals surface area (Å²) < 4.78 is 16.1. The van der Waals surface area contributed by atoms with Gasteiger partial charge in [-0.05, 0) is 42.7 Å². The maximum absolute atomic E-state index is 12.2. The Bertz CT molecular complexity index is 1120. The Kier molecular flexibility index (Phi) is 5.27. The quantitative estimate of drug-likeness (QED) is 0.653. The Labute approximate surface area is 174 Å². The molecule has 1 aromatic heterocycles. The molecule has 1 aliphatic heterocycles. The van der Waals surface area contributed by atoms with Crippen LogP contribution < -0.4 is 10.1 Å². The first-order valence-corrected chi connectivity index (χ1v) is 9.65. The van der Waals surface area contributed by atoms with Gasteiger partial charge in [0.1, 0.15) is 17.6 Å². The van der Waals surface area contributed by atoms with Crippen molar-refractivity contribution in [3.63, 3.8) is 0 Å². The molecule has 0 spiro atoms. The molecule has 30 heavy (non-hydrogen) atoms. The molecule has 1 amide bonds. The van der Waals surface area contributed by atoms with Crippen LogP contribution >= 0.6 is 0 Å². The van der Waals surface area contributed by atoms with Crippen molar-refractivity contribution in [1.29, 1.82) is 0 Å². The second-order valence-corrected chi connectivity index (χ2v) is 7.31. The zero-order chi connectivity index (χ0) is 21.3. The number of hydrogen-bond donors (Lipinski definition) is 1. The molecule has 7 heteroatoms. The van der Waals surface area contributed by atoms with Gasteiger partial charge in [0.25, 0.3) is 5.91 Å². The third-order valence-corrected chi connectivity index (χ3v) is 5.02. The van der Waals surface area contributed by atoms with Gasteiger partial charge in [-0.3, -0.25) is 4.79 Å². The number of carbonyl (C=O) groups excluding carboxylic acids is 2. The summed E-state index contributed by atoms with van der Waals surface area (Å²) in [7, 11) is 1.37. The Morgan fingerprint density at radius 1 is 1.17 bits per heavy atom. The first-order valence-electron chi connectivity index (χ1n) is 9.65. The number of rotatable bonds is 5. The fourth-order valence-electron chi connectivity index (χ4n) is 3.68. The van der Waals surface area contributed by atoms with Crippen molar-refractivity contribution in [3.8, 4) is 16.9 Å². The zero-order valence-electron chi connectivity index (χ0n) is 17.0. The summed E-state index contributed by atoms with van der Waals surface area (Å²) >= 11 is 0. The minimum absolute atomic E-state index is 0.220. The Morgan fingerprint density at radius 2 is 1.97 bits per heavy atom. The molecule has 4 rings (SSSR count). The molecular formula is C23H22N2O5. The lowest BCUT2D eigenvalue weighted by atomic mass is 9.94. The second-order valence-electron chi connectivity index (χ2n) is 7.31. The summed E-state index contributed by atoms with van der Waals surface area (Å²) in [5, 5.41) is 6.57. The number of nitrogens with one attached hydrogen (secondary N) is 1. The molecule has 1 aliphatic rings.